The minimum absolute atomic E-state index is 0.0297. The van der Waals surface area contributed by atoms with Crippen molar-refractivity contribution in [1.82, 2.24) is 4.57 Å². The van der Waals surface area contributed by atoms with Crippen molar-refractivity contribution in [2.45, 2.75) is 13.5 Å². The van der Waals surface area contributed by atoms with Crippen molar-refractivity contribution in [3.05, 3.63) is 63.4 Å². The van der Waals surface area contributed by atoms with Gasteiger partial charge in [0, 0.05) is 10.6 Å². The van der Waals surface area contributed by atoms with Crippen LogP contribution in [0.2, 0.25) is 5.02 Å². The number of halogens is 1. The molecule has 1 aromatic heterocycles. The molecule has 0 atom stereocenters. The van der Waals surface area contributed by atoms with Crippen LogP contribution < -0.4 is 4.80 Å². The van der Waals surface area contributed by atoms with Gasteiger partial charge in [-0.1, -0.05) is 41.1 Å². The van der Waals surface area contributed by atoms with Gasteiger partial charge in [-0.3, -0.25) is 9.59 Å². The fraction of sp³-hybridized carbons (Fsp3) is 0.167. The van der Waals surface area contributed by atoms with Crippen LogP contribution in [-0.2, 0) is 16.1 Å². The molecule has 0 N–H and O–H groups in total. The maximum Gasteiger partial charge on any atom is 0.325 e. The van der Waals surface area contributed by atoms with E-state index >= 15 is 0 Å². The highest BCUT2D eigenvalue weighted by Crippen LogP contribution is 2.22. The monoisotopic (exact) mass is 374 g/mol. The normalized spacial score (nSPS) is 11.7. The molecule has 0 saturated heterocycles. The molecule has 3 rings (SSSR count). The number of amides is 1. The van der Waals surface area contributed by atoms with Crippen molar-refractivity contribution in [2.75, 3.05) is 7.11 Å². The van der Waals surface area contributed by atoms with Gasteiger partial charge in [-0.2, -0.15) is 4.99 Å². The van der Waals surface area contributed by atoms with Gasteiger partial charge >= 0.3 is 5.97 Å². The molecule has 0 aliphatic carbocycles. The Morgan fingerprint density at radius 1 is 1.24 bits per heavy atom. The molecule has 0 unspecified atom stereocenters. The lowest BCUT2D eigenvalue weighted by Crippen LogP contribution is -2.22. The van der Waals surface area contributed by atoms with Crippen LogP contribution in [-0.4, -0.2) is 23.6 Å². The van der Waals surface area contributed by atoms with Crippen molar-refractivity contribution in [3.8, 4) is 0 Å². The molecule has 0 saturated carbocycles. The van der Waals surface area contributed by atoms with E-state index in [0.717, 1.165) is 15.8 Å². The van der Waals surface area contributed by atoms with E-state index in [4.69, 9.17) is 16.3 Å². The predicted octanol–water partition coefficient (Wildman–Crippen LogP) is 3.58. The summed E-state index contributed by atoms with van der Waals surface area (Å²) in [5.74, 6) is -0.770. The van der Waals surface area contributed by atoms with Gasteiger partial charge in [-0.15, -0.1) is 0 Å². The molecule has 0 spiro atoms. The number of hydrogen-bond donors (Lipinski definition) is 0. The number of rotatable bonds is 3. The third-order valence-electron chi connectivity index (χ3n) is 3.73. The quantitative estimate of drug-likeness (QED) is 0.658. The average molecular weight is 375 g/mol. The first-order valence-electron chi connectivity index (χ1n) is 7.50. The molecule has 1 amide bonds. The van der Waals surface area contributed by atoms with Crippen molar-refractivity contribution in [3.63, 3.8) is 0 Å². The zero-order valence-corrected chi connectivity index (χ0v) is 15.2. The maximum atomic E-state index is 12.6. The second kappa shape index (κ2) is 7.21. The molecule has 1 heterocycles. The van der Waals surface area contributed by atoms with Gasteiger partial charge in [-0.25, -0.2) is 0 Å². The Bertz CT molecular complexity index is 1040. The van der Waals surface area contributed by atoms with E-state index in [9.17, 15) is 9.59 Å². The first-order chi connectivity index (χ1) is 12.0. The molecule has 0 radical (unpaired) electrons. The zero-order valence-electron chi connectivity index (χ0n) is 13.7. The van der Waals surface area contributed by atoms with Gasteiger partial charge in [0.2, 0.25) is 0 Å². The highest BCUT2D eigenvalue weighted by Gasteiger charge is 2.13. The molecule has 7 heteroatoms. The number of ether oxygens (including phenoxy) is 1. The summed E-state index contributed by atoms with van der Waals surface area (Å²) in [5, 5.41) is 0.579. The Hall–Kier alpha value is -2.44. The van der Waals surface area contributed by atoms with Crippen molar-refractivity contribution in [2.24, 2.45) is 4.99 Å². The molecule has 5 nitrogen and oxygen atoms in total. The summed E-state index contributed by atoms with van der Waals surface area (Å²) in [6, 6.07) is 12.6. The number of carbonyl (C=O) groups is 2. The molecular formula is C18H15ClN2O3S. The predicted molar refractivity (Wildman–Crippen MR) is 97.9 cm³/mol. The Kier molecular flexibility index (Phi) is 5.01. The summed E-state index contributed by atoms with van der Waals surface area (Å²) < 4.78 is 7.26. The van der Waals surface area contributed by atoms with E-state index < -0.39 is 5.97 Å². The van der Waals surface area contributed by atoms with Gasteiger partial charge in [0.25, 0.3) is 5.91 Å². The number of nitrogens with zero attached hydrogens (tertiary/aromatic N) is 2. The molecule has 0 bridgehead atoms. The zero-order chi connectivity index (χ0) is 18.0. The average Bonchev–Trinajstić information content (AvgIpc) is 2.91. The largest absolute Gasteiger partial charge is 0.468 e. The third kappa shape index (κ3) is 3.65. The summed E-state index contributed by atoms with van der Waals surface area (Å²) in [7, 11) is 1.32. The van der Waals surface area contributed by atoms with Gasteiger partial charge in [-0.05, 0) is 36.8 Å². The molecule has 3 aromatic rings. The Balaban J connectivity index is 2.17. The van der Waals surface area contributed by atoms with Gasteiger partial charge < -0.3 is 9.30 Å². The molecular weight excluding hydrogens is 360 g/mol. The molecule has 2 aromatic carbocycles. The van der Waals surface area contributed by atoms with Crippen LogP contribution in [0.3, 0.4) is 0 Å². The fourth-order valence-electron chi connectivity index (χ4n) is 2.44. The summed E-state index contributed by atoms with van der Waals surface area (Å²) in [6.45, 7) is 1.83. The molecule has 25 heavy (non-hydrogen) atoms. The molecule has 0 fully saturated rings. The van der Waals surface area contributed by atoms with E-state index in [-0.39, 0.29) is 12.5 Å². The van der Waals surface area contributed by atoms with Crippen LogP contribution in [0.15, 0.2) is 47.5 Å². The van der Waals surface area contributed by atoms with Gasteiger partial charge in [0.05, 0.1) is 17.3 Å². The molecule has 128 valence electrons. The second-order valence-electron chi connectivity index (χ2n) is 5.39. The SMILES string of the molecule is COC(=O)Cn1c(=NC(=O)c2ccccc2C)sc2cc(Cl)ccc21. The van der Waals surface area contributed by atoms with Crippen LogP contribution >= 0.6 is 22.9 Å². The van der Waals surface area contributed by atoms with E-state index in [0.29, 0.717) is 15.4 Å². The van der Waals surface area contributed by atoms with Crippen LogP contribution in [0.1, 0.15) is 15.9 Å². The van der Waals surface area contributed by atoms with Gasteiger partial charge in [0.15, 0.2) is 4.80 Å². The summed E-state index contributed by atoms with van der Waals surface area (Å²) in [4.78, 5) is 29.0. The fourth-order valence-corrected chi connectivity index (χ4v) is 3.74. The number of esters is 1. The molecule has 0 aliphatic rings. The smallest absolute Gasteiger partial charge is 0.325 e. The van der Waals surface area contributed by atoms with Crippen molar-refractivity contribution >= 4 is 45.0 Å². The first kappa shape index (κ1) is 17.4. The Labute approximate surface area is 153 Å². The van der Waals surface area contributed by atoms with Crippen LogP contribution in [0.4, 0.5) is 0 Å². The van der Waals surface area contributed by atoms with Crippen molar-refractivity contribution in [1.29, 1.82) is 0 Å². The number of carbonyl (C=O) groups excluding carboxylic acids is 2. The second-order valence-corrected chi connectivity index (χ2v) is 6.84. The third-order valence-corrected chi connectivity index (χ3v) is 5.01. The topological polar surface area (TPSA) is 60.7 Å². The van der Waals surface area contributed by atoms with Gasteiger partial charge in [0.1, 0.15) is 6.54 Å². The van der Waals surface area contributed by atoms with Crippen LogP contribution in [0.5, 0.6) is 0 Å². The number of aromatic nitrogens is 1. The Morgan fingerprint density at radius 3 is 2.72 bits per heavy atom. The minimum atomic E-state index is -0.417. The minimum Gasteiger partial charge on any atom is -0.468 e. The lowest BCUT2D eigenvalue weighted by atomic mass is 10.1. The first-order valence-corrected chi connectivity index (χ1v) is 8.69. The lowest BCUT2D eigenvalue weighted by Gasteiger charge is -2.04. The lowest BCUT2D eigenvalue weighted by molar-refractivity contribution is -0.141. The van der Waals surface area contributed by atoms with Crippen molar-refractivity contribution < 1.29 is 14.3 Å². The number of methoxy groups -OCH3 is 1. The number of benzene rings is 2. The summed E-state index contributed by atoms with van der Waals surface area (Å²) in [6.07, 6.45) is 0. The number of aryl methyl sites for hydroxylation is 1. The standard InChI is InChI=1S/C18H15ClN2O3S/c1-11-5-3-4-6-13(11)17(23)20-18-21(10-16(22)24-2)14-8-7-12(19)9-15(14)25-18/h3-9H,10H2,1-2H3. The highest BCUT2D eigenvalue weighted by atomic mass is 35.5. The number of hydrogen-bond acceptors (Lipinski definition) is 4. The van der Waals surface area contributed by atoms with Crippen LogP contribution in [0.25, 0.3) is 10.2 Å². The van der Waals surface area contributed by atoms with E-state index in [1.807, 2.05) is 19.1 Å². The van der Waals surface area contributed by atoms with E-state index in [1.165, 1.54) is 18.4 Å². The highest BCUT2D eigenvalue weighted by molar-refractivity contribution is 7.16. The Morgan fingerprint density at radius 2 is 2.00 bits per heavy atom. The number of fused-ring (bicyclic) bond motifs is 1. The van der Waals surface area contributed by atoms with E-state index in [1.54, 1.807) is 34.9 Å². The summed E-state index contributed by atoms with van der Waals surface area (Å²) >= 11 is 7.35. The van der Waals surface area contributed by atoms with E-state index in [2.05, 4.69) is 4.99 Å². The number of thiazole rings is 1. The maximum absolute atomic E-state index is 12.6. The van der Waals surface area contributed by atoms with Crippen LogP contribution in [0, 0.1) is 6.92 Å². The molecule has 0 aliphatic heterocycles. The summed E-state index contributed by atoms with van der Waals surface area (Å²) in [5.41, 5.74) is 2.15.